The number of rotatable bonds is 3. The van der Waals surface area contributed by atoms with Crippen molar-refractivity contribution in [3.63, 3.8) is 0 Å². The van der Waals surface area contributed by atoms with E-state index in [1.807, 2.05) is 24.4 Å². The molecular weight excluding hydrogens is 236 g/mol. The summed E-state index contributed by atoms with van der Waals surface area (Å²) in [7, 11) is 2.17. The number of ether oxygens (including phenoxy) is 1. The van der Waals surface area contributed by atoms with Gasteiger partial charge in [-0.3, -0.25) is 0 Å². The summed E-state index contributed by atoms with van der Waals surface area (Å²) < 4.78 is 5.86. The van der Waals surface area contributed by atoms with Gasteiger partial charge in [0.2, 0.25) is 0 Å². The zero-order valence-electron chi connectivity index (χ0n) is 11.3. The number of nitrogens with one attached hydrogen (secondary N) is 1. The Morgan fingerprint density at radius 3 is 3.00 bits per heavy atom. The Hall–Kier alpha value is -1.74. The van der Waals surface area contributed by atoms with E-state index in [-0.39, 0.29) is 0 Å². The number of piperidine rings is 1. The van der Waals surface area contributed by atoms with Gasteiger partial charge in [0.15, 0.2) is 0 Å². The van der Waals surface area contributed by atoms with Gasteiger partial charge in [-0.25, -0.2) is 0 Å². The molecule has 3 heteroatoms. The lowest BCUT2D eigenvalue weighted by Gasteiger charge is -2.34. The molecule has 3 rings (SSSR count). The van der Waals surface area contributed by atoms with Crippen LogP contribution in [0.4, 0.5) is 0 Å². The molecule has 1 atom stereocenters. The first-order valence-corrected chi connectivity index (χ1v) is 6.83. The van der Waals surface area contributed by atoms with Gasteiger partial charge in [-0.15, -0.1) is 0 Å². The predicted molar refractivity (Wildman–Crippen MR) is 76.4 cm³/mol. The SMILES string of the molecule is CN1CCC2NC=C(OCc3ccccc3)C=C2C1. The van der Waals surface area contributed by atoms with Crippen LogP contribution in [-0.4, -0.2) is 31.1 Å². The minimum Gasteiger partial charge on any atom is -0.487 e. The second-order valence-electron chi connectivity index (χ2n) is 5.29. The lowest BCUT2D eigenvalue weighted by molar-refractivity contribution is 0.202. The molecule has 1 unspecified atom stereocenters. The largest absolute Gasteiger partial charge is 0.487 e. The maximum atomic E-state index is 5.86. The van der Waals surface area contributed by atoms with E-state index in [0.29, 0.717) is 12.6 Å². The zero-order valence-corrected chi connectivity index (χ0v) is 11.3. The summed E-state index contributed by atoms with van der Waals surface area (Å²) in [6.07, 6.45) is 5.37. The monoisotopic (exact) mass is 256 g/mol. The molecule has 19 heavy (non-hydrogen) atoms. The molecule has 2 heterocycles. The fourth-order valence-electron chi connectivity index (χ4n) is 2.60. The predicted octanol–water partition coefficient (Wildman–Crippen LogP) is 2.28. The second kappa shape index (κ2) is 5.49. The molecule has 0 aliphatic carbocycles. The first-order chi connectivity index (χ1) is 9.31. The summed E-state index contributed by atoms with van der Waals surface area (Å²) in [5, 5.41) is 3.45. The van der Waals surface area contributed by atoms with Crippen LogP contribution >= 0.6 is 0 Å². The Kier molecular flexibility index (Phi) is 3.56. The summed E-state index contributed by atoms with van der Waals surface area (Å²) >= 11 is 0. The molecule has 2 aliphatic rings. The van der Waals surface area contributed by atoms with Crippen LogP contribution in [0.1, 0.15) is 12.0 Å². The van der Waals surface area contributed by atoms with Gasteiger partial charge in [-0.1, -0.05) is 30.3 Å². The Morgan fingerprint density at radius 1 is 1.32 bits per heavy atom. The quantitative estimate of drug-likeness (QED) is 0.898. The molecule has 0 spiro atoms. The van der Waals surface area contributed by atoms with Crippen molar-refractivity contribution in [1.82, 2.24) is 10.2 Å². The average molecular weight is 256 g/mol. The van der Waals surface area contributed by atoms with E-state index < -0.39 is 0 Å². The molecule has 1 saturated heterocycles. The van der Waals surface area contributed by atoms with Crippen LogP contribution in [0.25, 0.3) is 0 Å². The molecule has 0 aromatic heterocycles. The van der Waals surface area contributed by atoms with Crippen LogP contribution in [0, 0.1) is 0 Å². The third-order valence-corrected chi connectivity index (χ3v) is 3.70. The van der Waals surface area contributed by atoms with Gasteiger partial charge in [-0.05, 0) is 30.7 Å². The number of hydrogen-bond acceptors (Lipinski definition) is 3. The van der Waals surface area contributed by atoms with E-state index in [2.05, 4.69) is 35.5 Å². The van der Waals surface area contributed by atoms with Gasteiger partial charge in [0.25, 0.3) is 0 Å². The third-order valence-electron chi connectivity index (χ3n) is 3.70. The summed E-state index contributed by atoms with van der Waals surface area (Å²) in [5.74, 6) is 0.936. The van der Waals surface area contributed by atoms with Crippen molar-refractivity contribution < 1.29 is 4.74 Å². The number of hydrogen-bond donors (Lipinski definition) is 1. The number of likely N-dealkylation sites (N-methyl/N-ethyl adjacent to an activating group) is 1. The van der Waals surface area contributed by atoms with E-state index in [9.17, 15) is 0 Å². The number of allylic oxidation sites excluding steroid dienone is 1. The van der Waals surface area contributed by atoms with Gasteiger partial charge in [0.05, 0.1) is 0 Å². The molecular formula is C16H20N2O. The van der Waals surface area contributed by atoms with E-state index in [0.717, 1.165) is 18.8 Å². The summed E-state index contributed by atoms with van der Waals surface area (Å²) in [4.78, 5) is 2.35. The van der Waals surface area contributed by atoms with Gasteiger partial charge >= 0.3 is 0 Å². The van der Waals surface area contributed by atoms with Gasteiger partial charge < -0.3 is 15.0 Å². The summed E-state index contributed by atoms with van der Waals surface area (Å²) in [5.41, 5.74) is 2.63. The highest BCUT2D eigenvalue weighted by Crippen LogP contribution is 2.21. The Morgan fingerprint density at radius 2 is 2.16 bits per heavy atom. The van der Waals surface area contributed by atoms with Gasteiger partial charge in [0.1, 0.15) is 12.4 Å². The highest BCUT2D eigenvalue weighted by molar-refractivity contribution is 5.30. The molecule has 1 aromatic carbocycles. The first kappa shape index (κ1) is 12.3. The van der Waals surface area contributed by atoms with E-state index >= 15 is 0 Å². The van der Waals surface area contributed by atoms with E-state index in [4.69, 9.17) is 4.74 Å². The molecule has 0 bridgehead atoms. The van der Waals surface area contributed by atoms with Crippen molar-refractivity contribution in [2.24, 2.45) is 0 Å². The molecule has 100 valence electrons. The number of likely N-dealkylation sites (tertiary alicyclic amines) is 1. The molecule has 1 aromatic rings. The van der Waals surface area contributed by atoms with Crippen LogP contribution < -0.4 is 5.32 Å². The standard InChI is InChI=1S/C16H20N2O/c1-18-8-7-16-14(11-18)9-15(10-17-16)19-12-13-5-3-2-4-6-13/h2-6,9-10,16-17H,7-8,11-12H2,1H3. The number of benzene rings is 1. The topological polar surface area (TPSA) is 24.5 Å². The van der Waals surface area contributed by atoms with Crippen LogP contribution in [0.15, 0.2) is 53.9 Å². The van der Waals surface area contributed by atoms with E-state index in [1.54, 1.807) is 0 Å². The van der Waals surface area contributed by atoms with Crippen molar-refractivity contribution >= 4 is 0 Å². The first-order valence-electron chi connectivity index (χ1n) is 6.83. The Balaban J connectivity index is 1.62. The lowest BCUT2D eigenvalue weighted by Crippen LogP contribution is -2.42. The fourth-order valence-corrected chi connectivity index (χ4v) is 2.60. The number of dihydropyridines is 1. The smallest absolute Gasteiger partial charge is 0.135 e. The third kappa shape index (κ3) is 2.99. The summed E-state index contributed by atoms with van der Waals surface area (Å²) in [6, 6.07) is 10.8. The van der Waals surface area contributed by atoms with E-state index in [1.165, 1.54) is 17.6 Å². The zero-order chi connectivity index (χ0) is 13.1. The molecule has 0 saturated carbocycles. The van der Waals surface area contributed by atoms with Crippen molar-refractivity contribution in [3.8, 4) is 0 Å². The van der Waals surface area contributed by atoms with Gasteiger partial charge in [0, 0.05) is 25.3 Å². The number of nitrogens with zero attached hydrogens (tertiary/aromatic N) is 1. The van der Waals surface area contributed by atoms with Crippen LogP contribution in [-0.2, 0) is 11.3 Å². The Labute approximate surface area is 114 Å². The van der Waals surface area contributed by atoms with Gasteiger partial charge in [-0.2, -0.15) is 0 Å². The van der Waals surface area contributed by atoms with Crippen LogP contribution in [0.2, 0.25) is 0 Å². The highest BCUT2D eigenvalue weighted by Gasteiger charge is 2.23. The average Bonchev–Trinajstić information content (AvgIpc) is 2.46. The van der Waals surface area contributed by atoms with Crippen LogP contribution in [0.5, 0.6) is 0 Å². The minimum absolute atomic E-state index is 0.500. The minimum atomic E-state index is 0.500. The fraction of sp³-hybridized carbons (Fsp3) is 0.375. The van der Waals surface area contributed by atoms with Crippen LogP contribution in [0.3, 0.4) is 0 Å². The Bertz CT molecular complexity index is 493. The summed E-state index contributed by atoms with van der Waals surface area (Å²) in [6.45, 7) is 2.81. The maximum Gasteiger partial charge on any atom is 0.135 e. The molecule has 0 radical (unpaired) electrons. The molecule has 1 N–H and O–H groups in total. The molecule has 3 nitrogen and oxygen atoms in total. The lowest BCUT2D eigenvalue weighted by atomic mass is 9.96. The number of fused-ring (bicyclic) bond motifs is 1. The normalized spacial score (nSPS) is 22.9. The second-order valence-corrected chi connectivity index (χ2v) is 5.29. The van der Waals surface area contributed by atoms with Crippen molar-refractivity contribution in [1.29, 1.82) is 0 Å². The molecule has 1 fully saturated rings. The van der Waals surface area contributed by atoms with Crippen molar-refractivity contribution in [3.05, 3.63) is 59.5 Å². The maximum absolute atomic E-state index is 5.86. The molecule has 2 aliphatic heterocycles. The molecule has 0 amide bonds. The van der Waals surface area contributed by atoms with Crippen molar-refractivity contribution in [2.75, 3.05) is 20.1 Å². The van der Waals surface area contributed by atoms with Crippen molar-refractivity contribution in [2.45, 2.75) is 19.1 Å². The highest BCUT2D eigenvalue weighted by atomic mass is 16.5.